The third-order valence-electron chi connectivity index (χ3n) is 11.5. The van der Waals surface area contributed by atoms with Crippen molar-refractivity contribution in [3.63, 3.8) is 0 Å². The third-order valence-corrected chi connectivity index (χ3v) is 11.5. The maximum atomic E-state index is 11.7. The second kappa shape index (κ2) is 10.8. The van der Waals surface area contributed by atoms with Crippen molar-refractivity contribution in [2.45, 2.75) is 110 Å². The van der Waals surface area contributed by atoms with Gasteiger partial charge in [-0.3, -0.25) is 4.79 Å². The number of rotatable bonds is 9. The Morgan fingerprint density at radius 3 is 2.56 bits per heavy atom. The number of esters is 1. The number of unbranched alkanes of at least 4 members (excludes halogenated alkanes) is 1. The van der Waals surface area contributed by atoms with Gasteiger partial charge in [0.05, 0.1) is 13.2 Å². The number of hydrogen-bond donors (Lipinski definition) is 3. The molecule has 0 heterocycles. The van der Waals surface area contributed by atoms with Crippen LogP contribution in [0.3, 0.4) is 0 Å². The Balaban J connectivity index is 1.42. The summed E-state index contributed by atoms with van der Waals surface area (Å²) >= 11 is 0. The Morgan fingerprint density at radius 2 is 1.82 bits per heavy atom. The standard InChI is InChI=1S/C29H52N2O3/c1-19(7-10-26(33)34-4)22-8-9-23-27-24(12-14-29(22,23)3)28(2)13-11-21(31-16-6-5-15-30)17-20(28)18-25(27)32/h19-25,27,31-32H,5-18,30H2,1-4H3/t19?,20-,21+,22-,23?,24?,25?,27?,28+,29-/m1/s1. The third kappa shape index (κ3) is 4.83. The van der Waals surface area contributed by atoms with Gasteiger partial charge in [0.2, 0.25) is 0 Å². The van der Waals surface area contributed by atoms with Gasteiger partial charge in [-0.1, -0.05) is 20.8 Å². The van der Waals surface area contributed by atoms with Crippen molar-refractivity contribution in [3.05, 3.63) is 0 Å². The smallest absolute Gasteiger partial charge is 0.305 e. The van der Waals surface area contributed by atoms with Gasteiger partial charge in [0.25, 0.3) is 0 Å². The normalized spacial score (nSPS) is 44.6. The molecule has 10 atom stereocenters. The zero-order chi connectivity index (χ0) is 24.5. The van der Waals surface area contributed by atoms with E-state index in [1.807, 2.05) is 0 Å². The van der Waals surface area contributed by atoms with Crippen molar-refractivity contribution in [2.75, 3.05) is 20.2 Å². The number of fused-ring (bicyclic) bond motifs is 5. The minimum atomic E-state index is -0.146. The number of aliphatic hydroxyl groups is 1. The number of carbonyl (C=O) groups excluding carboxylic acids is 1. The Morgan fingerprint density at radius 1 is 1.09 bits per heavy atom. The topological polar surface area (TPSA) is 84.6 Å². The molecule has 4 saturated carbocycles. The van der Waals surface area contributed by atoms with Crippen LogP contribution in [0.15, 0.2) is 0 Å². The maximum Gasteiger partial charge on any atom is 0.305 e. The lowest BCUT2D eigenvalue weighted by Crippen LogP contribution is -2.59. The summed E-state index contributed by atoms with van der Waals surface area (Å²) in [6.45, 7) is 9.33. The van der Waals surface area contributed by atoms with Gasteiger partial charge < -0.3 is 20.9 Å². The first-order valence-corrected chi connectivity index (χ1v) is 14.4. The number of nitrogens with one attached hydrogen (secondary N) is 1. The van der Waals surface area contributed by atoms with Gasteiger partial charge in [-0.25, -0.2) is 0 Å². The number of methoxy groups -OCH3 is 1. The molecule has 5 nitrogen and oxygen atoms in total. The molecular weight excluding hydrogens is 424 g/mol. The summed E-state index contributed by atoms with van der Waals surface area (Å²) in [5, 5.41) is 15.4. The number of hydrogen-bond acceptors (Lipinski definition) is 5. The van der Waals surface area contributed by atoms with Gasteiger partial charge in [-0.2, -0.15) is 0 Å². The van der Waals surface area contributed by atoms with Crippen molar-refractivity contribution < 1.29 is 14.6 Å². The minimum Gasteiger partial charge on any atom is -0.469 e. The van der Waals surface area contributed by atoms with Crippen LogP contribution >= 0.6 is 0 Å². The lowest BCUT2D eigenvalue weighted by atomic mass is 9.43. The summed E-state index contributed by atoms with van der Waals surface area (Å²) in [5.74, 6) is 3.53. The van der Waals surface area contributed by atoms with E-state index in [9.17, 15) is 9.90 Å². The molecule has 0 amide bonds. The largest absolute Gasteiger partial charge is 0.469 e. The van der Waals surface area contributed by atoms with Crippen LogP contribution in [0.2, 0.25) is 0 Å². The van der Waals surface area contributed by atoms with Crippen LogP contribution in [0.5, 0.6) is 0 Å². The van der Waals surface area contributed by atoms with E-state index in [2.05, 4.69) is 26.1 Å². The van der Waals surface area contributed by atoms with Gasteiger partial charge in [-0.15, -0.1) is 0 Å². The van der Waals surface area contributed by atoms with Crippen LogP contribution in [0.25, 0.3) is 0 Å². The Bertz CT molecular complexity index is 701. The van der Waals surface area contributed by atoms with E-state index < -0.39 is 0 Å². The van der Waals surface area contributed by atoms with Crippen LogP contribution in [-0.2, 0) is 9.53 Å². The van der Waals surface area contributed by atoms with Gasteiger partial charge in [0.1, 0.15) is 0 Å². The predicted octanol–water partition coefficient (Wildman–Crippen LogP) is 4.90. The molecule has 0 aromatic rings. The highest BCUT2D eigenvalue weighted by atomic mass is 16.5. The molecule has 0 spiro atoms. The Labute approximate surface area is 208 Å². The first kappa shape index (κ1) is 26.4. The fourth-order valence-corrected chi connectivity index (χ4v) is 9.61. The van der Waals surface area contributed by atoms with E-state index in [0.29, 0.717) is 58.8 Å². The van der Waals surface area contributed by atoms with Gasteiger partial charge in [0, 0.05) is 12.5 Å². The molecule has 0 bridgehead atoms. The van der Waals surface area contributed by atoms with E-state index in [4.69, 9.17) is 10.5 Å². The molecule has 196 valence electrons. The Kier molecular flexibility index (Phi) is 8.36. The molecule has 4 N–H and O–H groups in total. The van der Waals surface area contributed by atoms with Gasteiger partial charge in [0.15, 0.2) is 0 Å². The van der Waals surface area contributed by atoms with Gasteiger partial charge >= 0.3 is 5.97 Å². The van der Waals surface area contributed by atoms with E-state index in [1.54, 1.807) is 0 Å². The molecular formula is C29H52N2O3. The first-order chi connectivity index (χ1) is 16.2. The molecule has 0 aromatic carbocycles. The second-order valence-electron chi connectivity index (χ2n) is 13.0. The highest BCUT2D eigenvalue weighted by molar-refractivity contribution is 5.69. The maximum absolute atomic E-state index is 11.7. The van der Waals surface area contributed by atoms with Crippen LogP contribution in [0.4, 0.5) is 0 Å². The molecule has 4 rings (SSSR count). The monoisotopic (exact) mass is 476 g/mol. The van der Waals surface area contributed by atoms with Crippen molar-refractivity contribution in [1.29, 1.82) is 0 Å². The summed E-state index contributed by atoms with van der Waals surface area (Å²) in [7, 11) is 1.49. The highest BCUT2D eigenvalue weighted by Crippen LogP contribution is 2.68. The minimum absolute atomic E-state index is 0.0820. The molecule has 0 radical (unpaired) electrons. The van der Waals surface area contributed by atoms with Crippen LogP contribution < -0.4 is 11.1 Å². The number of ether oxygens (including phenoxy) is 1. The van der Waals surface area contributed by atoms with E-state index in [0.717, 1.165) is 32.4 Å². The van der Waals surface area contributed by atoms with Crippen molar-refractivity contribution >= 4 is 5.97 Å². The Hall–Kier alpha value is -0.650. The average molecular weight is 477 g/mol. The lowest BCUT2D eigenvalue weighted by molar-refractivity contribution is -0.167. The molecule has 4 fully saturated rings. The highest BCUT2D eigenvalue weighted by Gasteiger charge is 2.62. The molecule has 34 heavy (non-hydrogen) atoms. The van der Waals surface area contributed by atoms with Crippen molar-refractivity contribution in [3.8, 4) is 0 Å². The second-order valence-corrected chi connectivity index (χ2v) is 13.0. The zero-order valence-corrected chi connectivity index (χ0v) is 22.4. The van der Waals surface area contributed by atoms with Crippen molar-refractivity contribution in [2.24, 2.45) is 52.1 Å². The molecule has 0 aliphatic heterocycles. The molecule has 0 saturated heterocycles. The quantitative estimate of drug-likeness (QED) is 0.325. The first-order valence-electron chi connectivity index (χ1n) is 14.4. The summed E-state index contributed by atoms with van der Waals surface area (Å²) in [4.78, 5) is 11.7. The predicted molar refractivity (Wildman–Crippen MR) is 137 cm³/mol. The van der Waals surface area contributed by atoms with E-state index >= 15 is 0 Å². The summed E-state index contributed by atoms with van der Waals surface area (Å²) < 4.78 is 4.90. The van der Waals surface area contributed by atoms with Crippen LogP contribution in [-0.4, -0.2) is 43.4 Å². The van der Waals surface area contributed by atoms with Crippen molar-refractivity contribution in [1.82, 2.24) is 5.32 Å². The average Bonchev–Trinajstić information content (AvgIpc) is 3.18. The zero-order valence-electron chi connectivity index (χ0n) is 22.4. The molecule has 4 aliphatic carbocycles. The van der Waals surface area contributed by atoms with E-state index in [-0.39, 0.29) is 12.1 Å². The molecule has 5 heteroatoms. The van der Waals surface area contributed by atoms with E-state index in [1.165, 1.54) is 58.5 Å². The van der Waals surface area contributed by atoms with Crippen LogP contribution in [0.1, 0.15) is 97.8 Å². The molecule has 5 unspecified atom stereocenters. The van der Waals surface area contributed by atoms with Gasteiger partial charge in [-0.05, 0) is 130 Å². The summed E-state index contributed by atoms with van der Waals surface area (Å²) in [6.07, 6.45) is 13.5. The molecule has 0 aromatic heterocycles. The summed E-state index contributed by atoms with van der Waals surface area (Å²) in [6, 6.07) is 0.611. The fourth-order valence-electron chi connectivity index (χ4n) is 9.61. The summed E-state index contributed by atoms with van der Waals surface area (Å²) in [5.41, 5.74) is 6.35. The number of nitrogens with two attached hydrogens (primary N) is 1. The van der Waals surface area contributed by atoms with Crippen LogP contribution in [0, 0.1) is 46.3 Å². The lowest BCUT2D eigenvalue weighted by Gasteiger charge is -2.62. The number of carbonyl (C=O) groups is 1. The molecule has 4 aliphatic rings. The number of aliphatic hydroxyl groups excluding tert-OH is 1. The SMILES string of the molecule is COC(=O)CCC(C)[C@H]1CCC2C3C(O)C[C@H]4C[C@@H](NCCCCN)CC[C@]4(C)C3CC[C@@]21C. The fraction of sp³-hybridized carbons (Fsp3) is 0.966.